The molecule has 0 aromatic carbocycles. The Balaban J connectivity index is -0.000000107. The van der Waals surface area contributed by atoms with E-state index in [4.69, 9.17) is 10.2 Å². The zero-order valence-electron chi connectivity index (χ0n) is 9.82. The Morgan fingerprint density at radius 2 is 1.10 bits per heavy atom. The molecule has 1 radical (unpaired) electrons. The van der Waals surface area contributed by atoms with Gasteiger partial charge in [-0.1, -0.05) is 0 Å². The van der Waals surface area contributed by atoms with Crippen molar-refractivity contribution in [2.24, 2.45) is 0 Å². The number of furan rings is 2. The van der Waals surface area contributed by atoms with Crippen molar-refractivity contribution in [2.45, 2.75) is 0 Å². The molecule has 9 nitrogen and oxygen atoms in total. The number of carbonyl (C=O) groups is 2. The first-order chi connectivity index (χ1) is 7.61. The Kier molecular flexibility index (Phi) is 17.6. The second-order valence-corrected chi connectivity index (χ2v) is 2.56. The fourth-order valence-electron chi connectivity index (χ4n) is 0.800. The van der Waals surface area contributed by atoms with E-state index >= 15 is 0 Å². The first kappa shape index (κ1) is 26.4. The summed E-state index contributed by atoms with van der Waals surface area (Å²) in [6, 6.07) is 5.84. The minimum atomic E-state index is -1.03. The van der Waals surface area contributed by atoms with Gasteiger partial charge in [-0.2, -0.15) is 0 Å². The van der Waals surface area contributed by atoms with E-state index in [1.165, 1.54) is 36.8 Å². The van der Waals surface area contributed by atoms with Crippen LogP contribution in [0.3, 0.4) is 0 Å². The van der Waals surface area contributed by atoms with E-state index in [0.717, 1.165) is 0 Å². The Hall–Kier alpha value is -2.11. The third-order valence-corrected chi connectivity index (χ3v) is 1.46. The molecule has 0 saturated heterocycles. The van der Waals surface area contributed by atoms with Crippen molar-refractivity contribution in [1.82, 2.24) is 0 Å². The average Bonchev–Trinajstić information content (AvgIpc) is 2.93. The molecule has 117 valence electrons. The minimum absolute atomic E-state index is 0. The number of carboxylic acid groups (broad SMARTS) is 2. The second-order valence-electron chi connectivity index (χ2n) is 2.56. The third kappa shape index (κ3) is 8.90. The van der Waals surface area contributed by atoms with Crippen molar-refractivity contribution in [2.75, 3.05) is 0 Å². The molecular formula is C10H14CoO9. The largest absolute Gasteiger partial charge is 0.475 e. The molecule has 2 aromatic heterocycles. The Morgan fingerprint density at radius 3 is 1.20 bits per heavy atom. The monoisotopic (exact) mass is 337 g/mol. The van der Waals surface area contributed by atoms with Gasteiger partial charge in [0, 0.05) is 16.8 Å². The first-order valence-corrected chi connectivity index (χ1v) is 4.15. The number of hydrogen-bond acceptors (Lipinski definition) is 4. The third-order valence-electron chi connectivity index (χ3n) is 1.46. The molecule has 2 aromatic rings. The molecule has 0 amide bonds. The van der Waals surface area contributed by atoms with E-state index < -0.39 is 11.9 Å². The van der Waals surface area contributed by atoms with Gasteiger partial charge in [0.1, 0.15) is 0 Å². The summed E-state index contributed by atoms with van der Waals surface area (Å²) in [5.41, 5.74) is 0. The summed E-state index contributed by atoms with van der Waals surface area (Å²) in [5.74, 6) is -2.11. The molecule has 2 rings (SSSR count). The maximum atomic E-state index is 9.97. The van der Waals surface area contributed by atoms with Gasteiger partial charge in [-0.25, -0.2) is 9.59 Å². The van der Waals surface area contributed by atoms with Gasteiger partial charge < -0.3 is 35.5 Å². The molecule has 0 saturated carbocycles. The van der Waals surface area contributed by atoms with Crippen LogP contribution < -0.4 is 0 Å². The first-order valence-electron chi connectivity index (χ1n) is 4.15. The predicted octanol–water partition coefficient (Wildman–Crippen LogP) is -0.521. The zero-order chi connectivity index (χ0) is 12.0. The molecule has 0 aliphatic carbocycles. The SMILES string of the molecule is O.O.O.O=C(O)c1ccco1.O=C(O)c1ccco1.[Co]. The summed E-state index contributed by atoms with van der Waals surface area (Å²) in [6.07, 6.45) is 2.65. The topological polar surface area (TPSA) is 195 Å². The van der Waals surface area contributed by atoms with E-state index in [0.29, 0.717) is 0 Å². The number of hydrogen-bond donors (Lipinski definition) is 2. The van der Waals surface area contributed by atoms with Gasteiger partial charge >= 0.3 is 11.9 Å². The van der Waals surface area contributed by atoms with E-state index in [2.05, 4.69) is 8.83 Å². The molecule has 0 atom stereocenters. The van der Waals surface area contributed by atoms with E-state index in [9.17, 15) is 9.59 Å². The van der Waals surface area contributed by atoms with Gasteiger partial charge in [0.25, 0.3) is 0 Å². The Morgan fingerprint density at radius 1 is 0.800 bits per heavy atom. The van der Waals surface area contributed by atoms with Gasteiger partial charge in [-0.15, -0.1) is 0 Å². The summed E-state index contributed by atoms with van der Waals surface area (Å²) >= 11 is 0. The molecule has 2 heterocycles. The molecule has 0 fully saturated rings. The van der Waals surface area contributed by atoms with Crippen LogP contribution in [0.4, 0.5) is 0 Å². The van der Waals surface area contributed by atoms with Crippen molar-refractivity contribution in [1.29, 1.82) is 0 Å². The number of carboxylic acids is 2. The number of rotatable bonds is 2. The Labute approximate surface area is 122 Å². The van der Waals surface area contributed by atoms with Crippen LogP contribution in [-0.4, -0.2) is 38.6 Å². The smallest absolute Gasteiger partial charge is 0.371 e. The van der Waals surface area contributed by atoms with Crippen LogP contribution in [0.1, 0.15) is 21.1 Å². The van der Waals surface area contributed by atoms with Crippen LogP contribution >= 0.6 is 0 Å². The van der Waals surface area contributed by atoms with Gasteiger partial charge in [0.05, 0.1) is 12.5 Å². The van der Waals surface area contributed by atoms with Gasteiger partial charge in [0.15, 0.2) is 0 Å². The van der Waals surface area contributed by atoms with Gasteiger partial charge in [0.2, 0.25) is 11.5 Å². The quantitative estimate of drug-likeness (QED) is 0.739. The van der Waals surface area contributed by atoms with Crippen molar-refractivity contribution < 1.29 is 61.8 Å². The van der Waals surface area contributed by atoms with E-state index in [-0.39, 0.29) is 44.7 Å². The molecular weight excluding hydrogens is 323 g/mol. The number of aromatic carboxylic acids is 2. The normalized spacial score (nSPS) is 7.20. The van der Waals surface area contributed by atoms with Crippen LogP contribution in [0.25, 0.3) is 0 Å². The standard InChI is InChI=1S/2C5H4O3.Co.3H2O/c2*6-5(7)4-2-1-3-8-4;;;;/h2*1-3H,(H,6,7);;3*1H2. The molecule has 8 N–H and O–H groups in total. The van der Waals surface area contributed by atoms with Crippen molar-refractivity contribution in [3.63, 3.8) is 0 Å². The van der Waals surface area contributed by atoms with Crippen molar-refractivity contribution >= 4 is 11.9 Å². The van der Waals surface area contributed by atoms with Crippen molar-refractivity contribution in [3.8, 4) is 0 Å². The van der Waals surface area contributed by atoms with Crippen LogP contribution in [0.5, 0.6) is 0 Å². The van der Waals surface area contributed by atoms with E-state index in [1.807, 2.05) is 0 Å². The summed E-state index contributed by atoms with van der Waals surface area (Å²) < 4.78 is 8.99. The van der Waals surface area contributed by atoms with Gasteiger partial charge in [-0.05, 0) is 24.3 Å². The maximum Gasteiger partial charge on any atom is 0.371 e. The molecule has 20 heavy (non-hydrogen) atoms. The minimum Gasteiger partial charge on any atom is -0.475 e. The molecule has 0 unspecified atom stereocenters. The fraction of sp³-hybridized carbons (Fsp3) is 0. The summed E-state index contributed by atoms with van der Waals surface area (Å²) in [6.45, 7) is 0. The van der Waals surface area contributed by atoms with Gasteiger partial charge in [-0.3, -0.25) is 0 Å². The summed E-state index contributed by atoms with van der Waals surface area (Å²) in [5, 5.41) is 16.4. The maximum absolute atomic E-state index is 9.97. The van der Waals surface area contributed by atoms with Crippen LogP contribution in [0.2, 0.25) is 0 Å². The second kappa shape index (κ2) is 13.3. The molecule has 10 heteroatoms. The van der Waals surface area contributed by atoms with Crippen molar-refractivity contribution in [3.05, 3.63) is 48.3 Å². The molecule has 0 spiro atoms. The predicted molar refractivity (Wildman–Crippen MR) is 62.2 cm³/mol. The Bertz CT molecular complexity index is 405. The average molecular weight is 337 g/mol. The summed E-state index contributed by atoms with van der Waals surface area (Å²) in [4.78, 5) is 19.9. The van der Waals surface area contributed by atoms with Crippen LogP contribution in [0, 0.1) is 0 Å². The summed E-state index contributed by atoms with van der Waals surface area (Å²) in [7, 11) is 0. The van der Waals surface area contributed by atoms with Crippen LogP contribution in [-0.2, 0) is 16.8 Å². The molecule has 0 bridgehead atoms. The molecule has 0 aliphatic rings. The van der Waals surface area contributed by atoms with Crippen LogP contribution in [0.15, 0.2) is 45.6 Å². The fourth-order valence-corrected chi connectivity index (χ4v) is 0.800. The zero-order valence-corrected chi connectivity index (χ0v) is 10.9. The molecule has 0 aliphatic heterocycles. The van der Waals surface area contributed by atoms with E-state index in [1.54, 1.807) is 0 Å².